The van der Waals surface area contributed by atoms with Crippen molar-refractivity contribution in [2.75, 3.05) is 6.61 Å². The molecule has 0 unspecified atom stereocenters. The molecule has 170 valence electrons. The van der Waals surface area contributed by atoms with Crippen molar-refractivity contribution >= 4 is 56.7 Å². The number of halogens is 1. The largest absolute Gasteiger partial charge is 0.489 e. The molecule has 8 heteroatoms. The Morgan fingerprint density at radius 3 is 2.69 bits per heavy atom. The van der Waals surface area contributed by atoms with Gasteiger partial charge in [0.05, 0.1) is 27.6 Å². The Balaban J connectivity index is 1.76. The molecule has 0 aliphatic carbocycles. The highest BCUT2D eigenvalue weighted by Gasteiger charge is 2.18. The summed E-state index contributed by atoms with van der Waals surface area (Å²) in [6, 6.07) is 13.3. The third-order valence-electron chi connectivity index (χ3n) is 4.46. The van der Waals surface area contributed by atoms with Crippen LogP contribution in [0.25, 0.3) is 11.0 Å². The molecular formula is C24H26INO5S. The number of esters is 1. The van der Waals surface area contributed by atoms with Gasteiger partial charge in [-0.05, 0) is 80.1 Å². The number of benzene rings is 2. The summed E-state index contributed by atoms with van der Waals surface area (Å²) in [5.41, 5.74) is 2.51. The Bertz CT molecular complexity index is 1160. The van der Waals surface area contributed by atoms with Crippen molar-refractivity contribution in [3.8, 4) is 5.75 Å². The first-order chi connectivity index (χ1) is 15.2. The normalized spacial score (nSPS) is 12.9. The quantitative estimate of drug-likeness (QED) is 0.201. The standard InChI is InChI=1S/C24H26INO5S/c1-5-29-22(27)13-17-8-6-7-9-21(17)30-15-16-10-18-12-19(31-23(18)20(25)11-16)14-26-32(28)24(2,3)4/h6-12,14H,5,13,15H2,1-4H3/t32-/m0/s1. The number of ether oxygens (including phenoxy) is 2. The smallest absolute Gasteiger partial charge is 0.310 e. The molecule has 0 spiro atoms. The summed E-state index contributed by atoms with van der Waals surface area (Å²) in [7, 11) is -1.35. The van der Waals surface area contributed by atoms with Crippen molar-refractivity contribution in [2.24, 2.45) is 4.40 Å². The minimum atomic E-state index is -1.35. The number of hydrogen-bond donors (Lipinski definition) is 0. The van der Waals surface area contributed by atoms with Crippen LogP contribution in [-0.2, 0) is 33.5 Å². The highest BCUT2D eigenvalue weighted by molar-refractivity contribution is 14.1. The molecule has 1 heterocycles. The number of fused-ring (bicyclic) bond motifs is 1. The summed E-state index contributed by atoms with van der Waals surface area (Å²) < 4.78 is 33.7. The first-order valence-corrected chi connectivity index (χ1v) is 12.4. The van der Waals surface area contributed by atoms with E-state index in [1.165, 1.54) is 6.21 Å². The molecule has 3 aromatic rings. The monoisotopic (exact) mass is 567 g/mol. The fourth-order valence-electron chi connectivity index (χ4n) is 2.91. The van der Waals surface area contributed by atoms with Gasteiger partial charge in [0, 0.05) is 10.9 Å². The topological polar surface area (TPSA) is 78.1 Å². The van der Waals surface area contributed by atoms with Gasteiger partial charge < -0.3 is 13.9 Å². The molecule has 2 aromatic carbocycles. The van der Waals surface area contributed by atoms with E-state index in [9.17, 15) is 9.00 Å². The van der Waals surface area contributed by atoms with Crippen LogP contribution in [0.15, 0.2) is 51.3 Å². The molecule has 0 saturated heterocycles. The maximum atomic E-state index is 12.1. The van der Waals surface area contributed by atoms with E-state index in [1.54, 1.807) is 6.92 Å². The highest BCUT2D eigenvalue weighted by atomic mass is 127. The molecule has 6 nitrogen and oxygen atoms in total. The molecule has 0 N–H and O–H groups in total. The number of carbonyl (C=O) groups is 1. The van der Waals surface area contributed by atoms with E-state index in [4.69, 9.17) is 13.9 Å². The van der Waals surface area contributed by atoms with E-state index >= 15 is 0 Å². The third kappa shape index (κ3) is 6.41. The fourth-order valence-corrected chi connectivity index (χ4v) is 4.25. The summed E-state index contributed by atoms with van der Waals surface area (Å²) in [5.74, 6) is 0.924. The zero-order valence-corrected chi connectivity index (χ0v) is 21.5. The lowest BCUT2D eigenvalue weighted by Crippen LogP contribution is -2.19. The minimum absolute atomic E-state index is 0.168. The molecule has 0 aliphatic rings. The first kappa shape index (κ1) is 24.4. The zero-order chi connectivity index (χ0) is 23.3. The van der Waals surface area contributed by atoms with E-state index in [-0.39, 0.29) is 12.4 Å². The SMILES string of the molecule is CCOC(=O)Cc1ccccc1OCc1cc(I)c2oc(C=N[S@@](=O)C(C)(C)C)cc2c1. The van der Waals surface area contributed by atoms with Gasteiger partial charge in [-0.1, -0.05) is 18.2 Å². The Morgan fingerprint density at radius 2 is 1.97 bits per heavy atom. The van der Waals surface area contributed by atoms with E-state index in [0.29, 0.717) is 24.7 Å². The van der Waals surface area contributed by atoms with Crippen LogP contribution >= 0.6 is 22.6 Å². The van der Waals surface area contributed by atoms with Crippen molar-refractivity contribution in [1.82, 2.24) is 0 Å². The number of para-hydroxylation sites is 1. The maximum Gasteiger partial charge on any atom is 0.310 e. The summed E-state index contributed by atoms with van der Waals surface area (Å²) in [5, 5.41) is 0.915. The molecule has 32 heavy (non-hydrogen) atoms. The zero-order valence-electron chi connectivity index (χ0n) is 18.5. The second-order valence-electron chi connectivity index (χ2n) is 8.12. The second kappa shape index (κ2) is 10.6. The van der Waals surface area contributed by atoms with E-state index in [1.807, 2.05) is 63.2 Å². The minimum Gasteiger partial charge on any atom is -0.489 e. The fraction of sp³-hybridized carbons (Fsp3) is 0.333. The van der Waals surface area contributed by atoms with E-state index < -0.39 is 15.7 Å². The van der Waals surface area contributed by atoms with Crippen molar-refractivity contribution in [3.63, 3.8) is 0 Å². The van der Waals surface area contributed by atoms with Crippen LogP contribution in [0.3, 0.4) is 0 Å². The van der Waals surface area contributed by atoms with Crippen molar-refractivity contribution in [2.45, 2.75) is 45.5 Å². The lowest BCUT2D eigenvalue weighted by molar-refractivity contribution is -0.142. The van der Waals surface area contributed by atoms with Crippen molar-refractivity contribution < 1.29 is 22.9 Å². The number of nitrogens with zero attached hydrogens (tertiary/aromatic N) is 1. The predicted molar refractivity (Wildman–Crippen MR) is 136 cm³/mol. The summed E-state index contributed by atoms with van der Waals surface area (Å²) >= 11 is 2.22. The van der Waals surface area contributed by atoms with Crippen LogP contribution in [0.1, 0.15) is 44.6 Å². The average molecular weight is 567 g/mol. The molecule has 0 bridgehead atoms. The lowest BCUT2D eigenvalue weighted by Gasteiger charge is -2.12. The van der Waals surface area contributed by atoms with Crippen LogP contribution in [0, 0.1) is 3.57 Å². The third-order valence-corrected chi connectivity index (χ3v) is 6.60. The first-order valence-electron chi connectivity index (χ1n) is 10.2. The maximum absolute atomic E-state index is 12.1. The van der Waals surface area contributed by atoms with Gasteiger partial charge in [-0.25, -0.2) is 4.21 Å². The van der Waals surface area contributed by atoms with Crippen LogP contribution < -0.4 is 4.74 Å². The summed E-state index contributed by atoms with van der Waals surface area (Å²) in [6.07, 6.45) is 1.68. The second-order valence-corrected chi connectivity index (χ2v) is 11.2. The number of carbonyl (C=O) groups excluding carboxylic acids is 1. The summed E-state index contributed by atoms with van der Waals surface area (Å²) in [4.78, 5) is 11.9. The van der Waals surface area contributed by atoms with Gasteiger partial charge in [0.2, 0.25) is 0 Å². The lowest BCUT2D eigenvalue weighted by atomic mass is 10.1. The van der Waals surface area contributed by atoms with Crippen LogP contribution in [0.2, 0.25) is 0 Å². The molecule has 0 fully saturated rings. The van der Waals surface area contributed by atoms with Gasteiger partial charge >= 0.3 is 5.97 Å². The molecule has 1 aromatic heterocycles. The summed E-state index contributed by atoms with van der Waals surface area (Å²) in [6.45, 7) is 8.10. The molecule has 0 amide bonds. The van der Waals surface area contributed by atoms with Gasteiger partial charge in [-0.15, -0.1) is 0 Å². The van der Waals surface area contributed by atoms with Crippen LogP contribution in [0.5, 0.6) is 5.75 Å². The van der Waals surface area contributed by atoms with Crippen LogP contribution in [0.4, 0.5) is 0 Å². The van der Waals surface area contributed by atoms with E-state index in [2.05, 4.69) is 27.0 Å². The van der Waals surface area contributed by atoms with Crippen molar-refractivity contribution in [1.29, 1.82) is 0 Å². The number of furan rings is 1. The molecule has 1 atom stereocenters. The Labute approximate surface area is 204 Å². The van der Waals surface area contributed by atoms with Crippen molar-refractivity contribution in [3.05, 3.63) is 62.9 Å². The number of rotatable bonds is 8. The Morgan fingerprint density at radius 1 is 1.22 bits per heavy atom. The average Bonchev–Trinajstić information content (AvgIpc) is 3.14. The molecular weight excluding hydrogens is 541 g/mol. The molecule has 0 radical (unpaired) electrons. The molecule has 0 aliphatic heterocycles. The highest BCUT2D eigenvalue weighted by Crippen LogP contribution is 2.27. The molecule has 0 saturated carbocycles. The van der Waals surface area contributed by atoms with Crippen LogP contribution in [-0.4, -0.2) is 27.7 Å². The van der Waals surface area contributed by atoms with Gasteiger partial charge in [0.15, 0.2) is 0 Å². The Hall–Kier alpha value is -2.20. The van der Waals surface area contributed by atoms with Gasteiger partial charge in [0.1, 0.15) is 34.7 Å². The Kier molecular flexibility index (Phi) is 8.10. The van der Waals surface area contributed by atoms with E-state index in [0.717, 1.165) is 25.7 Å². The van der Waals surface area contributed by atoms with Gasteiger partial charge in [-0.2, -0.15) is 4.40 Å². The van der Waals surface area contributed by atoms with Gasteiger partial charge in [0.25, 0.3) is 0 Å². The predicted octanol–water partition coefficient (Wildman–Crippen LogP) is 5.60. The number of hydrogen-bond acceptors (Lipinski definition) is 5. The molecule has 3 rings (SSSR count). The van der Waals surface area contributed by atoms with Gasteiger partial charge in [-0.3, -0.25) is 4.79 Å².